The molecule has 0 radical (unpaired) electrons. The zero-order valence-corrected chi connectivity index (χ0v) is 15.2. The molecule has 2 aromatic heterocycles. The predicted molar refractivity (Wildman–Crippen MR) is 98.3 cm³/mol. The van der Waals surface area contributed by atoms with Gasteiger partial charge in [0, 0.05) is 49.4 Å². The number of likely N-dealkylation sites (tertiary alicyclic amines) is 1. The summed E-state index contributed by atoms with van der Waals surface area (Å²) in [7, 11) is 0. The molecule has 1 N–H and O–H groups in total. The van der Waals surface area contributed by atoms with Crippen LogP contribution in [0.3, 0.4) is 0 Å². The second-order valence-electron chi connectivity index (χ2n) is 6.18. The Kier molecular flexibility index (Phi) is 6.24. The SMILES string of the molecule is O=C(CCc1ccc(Cl)s1)NC1CCN(Cc2ccncc2)CC1. The van der Waals surface area contributed by atoms with Crippen LogP contribution in [0, 0.1) is 0 Å². The van der Waals surface area contributed by atoms with E-state index in [9.17, 15) is 4.79 Å². The molecule has 0 bridgehead atoms. The van der Waals surface area contributed by atoms with E-state index in [1.54, 1.807) is 11.3 Å². The van der Waals surface area contributed by atoms with Gasteiger partial charge in [-0.05, 0) is 49.1 Å². The van der Waals surface area contributed by atoms with Crippen molar-refractivity contribution in [2.24, 2.45) is 0 Å². The van der Waals surface area contributed by atoms with Gasteiger partial charge in [0.1, 0.15) is 0 Å². The van der Waals surface area contributed by atoms with Crippen LogP contribution >= 0.6 is 22.9 Å². The third kappa shape index (κ3) is 5.30. The van der Waals surface area contributed by atoms with Crippen LogP contribution in [-0.4, -0.2) is 34.9 Å². The number of aromatic nitrogens is 1. The highest BCUT2D eigenvalue weighted by Gasteiger charge is 2.20. The molecule has 0 atom stereocenters. The number of piperidine rings is 1. The van der Waals surface area contributed by atoms with Crippen molar-refractivity contribution in [3.63, 3.8) is 0 Å². The predicted octanol–water partition coefficient (Wildman–Crippen LogP) is 3.51. The molecule has 3 heterocycles. The molecular weight excluding hydrogens is 342 g/mol. The maximum absolute atomic E-state index is 12.1. The fourth-order valence-corrected chi connectivity index (χ4v) is 4.09. The highest BCUT2D eigenvalue weighted by atomic mass is 35.5. The van der Waals surface area contributed by atoms with Crippen molar-refractivity contribution in [2.45, 2.75) is 38.3 Å². The number of hydrogen-bond acceptors (Lipinski definition) is 4. The van der Waals surface area contributed by atoms with Gasteiger partial charge in [0.2, 0.25) is 5.91 Å². The lowest BCUT2D eigenvalue weighted by Gasteiger charge is -2.32. The number of nitrogens with one attached hydrogen (secondary N) is 1. The first-order chi connectivity index (χ1) is 11.7. The van der Waals surface area contributed by atoms with Crippen LogP contribution in [0.2, 0.25) is 4.34 Å². The van der Waals surface area contributed by atoms with Crippen molar-refractivity contribution in [3.05, 3.63) is 51.4 Å². The molecule has 1 fully saturated rings. The standard InChI is InChI=1S/C18H22ClN3OS/c19-17-3-1-16(24-17)2-4-18(23)21-15-7-11-22(12-8-15)13-14-5-9-20-10-6-14/h1,3,5-6,9-10,15H,2,4,7-8,11-13H2,(H,21,23). The van der Waals surface area contributed by atoms with Gasteiger partial charge in [0.25, 0.3) is 0 Å². The molecule has 0 spiro atoms. The van der Waals surface area contributed by atoms with Crippen molar-refractivity contribution in [2.75, 3.05) is 13.1 Å². The first-order valence-electron chi connectivity index (χ1n) is 8.34. The normalized spacial score (nSPS) is 16.2. The zero-order valence-electron chi connectivity index (χ0n) is 13.6. The van der Waals surface area contributed by atoms with Gasteiger partial charge in [-0.25, -0.2) is 0 Å². The van der Waals surface area contributed by atoms with Crippen molar-refractivity contribution in [1.82, 2.24) is 15.2 Å². The maximum atomic E-state index is 12.1. The molecule has 1 saturated heterocycles. The highest BCUT2D eigenvalue weighted by molar-refractivity contribution is 7.16. The van der Waals surface area contributed by atoms with Gasteiger partial charge in [-0.2, -0.15) is 0 Å². The topological polar surface area (TPSA) is 45.2 Å². The van der Waals surface area contributed by atoms with Crippen LogP contribution in [0.5, 0.6) is 0 Å². The molecule has 128 valence electrons. The first kappa shape index (κ1) is 17.4. The van der Waals surface area contributed by atoms with E-state index in [-0.39, 0.29) is 5.91 Å². The molecule has 24 heavy (non-hydrogen) atoms. The third-order valence-corrected chi connectivity index (χ3v) is 5.63. The Hall–Kier alpha value is -1.43. The summed E-state index contributed by atoms with van der Waals surface area (Å²) >= 11 is 7.46. The van der Waals surface area contributed by atoms with Crippen molar-refractivity contribution < 1.29 is 4.79 Å². The number of thiophene rings is 1. The summed E-state index contributed by atoms with van der Waals surface area (Å²) in [6.07, 6.45) is 7.01. The Morgan fingerprint density at radius 2 is 2.00 bits per heavy atom. The second kappa shape index (κ2) is 8.60. The first-order valence-corrected chi connectivity index (χ1v) is 9.53. The van der Waals surface area contributed by atoms with E-state index >= 15 is 0 Å². The Morgan fingerprint density at radius 3 is 2.67 bits per heavy atom. The fraction of sp³-hybridized carbons (Fsp3) is 0.444. The van der Waals surface area contributed by atoms with Crippen LogP contribution in [0.1, 0.15) is 29.7 Å². The number of nitrogens with zero attached hydrogens (tertiary/aromatic N) is 2. The highest BCUT2D eigenvalue weighted by Crippen LogP contribution is 2.22. The Labute approximate surface area is 151 Å². The van der Waals surface area contributed by atoms with Crippen LogP contribution in [0.15, 0.2) is 36.7 Å². The number of carbonyl (C=O) groups excluding carboxylic acids is 1. The minimum absolute atomic E-state index is 0.145. The average Bonchev–Trinajstić information content (AvgIpc) is 3.01. The Balaban J connectivity index is 1.36. The monoisotopic (exact) mass is 363 g/mol. The van der Waals surface area contributed by atoms with E-state index in [1.807, 2.05) is 24.5 Å². The van der Waals surface area contributed by atoms with Crippen molar-refractivity contribution >= 4 is 28.8 Å². The lowest BCUT2D eigenvalue weighted by atomic mass is 10.0. The number of aryl methyl sites for hydroxylation is 1. The number of carbonyl (C=O) groups is 1. The number of rotatable bonds is 6. The molecule has 2 aromatic rings. The summed E-state index contributed by atoms with van der Waals surface area (Å²) in [5.41, 5.74) is 1.29. The number of halogens is 1. The lowest BCUT2D eigenvalue weighted by Crippen LogP contribution is -2.44. The minimum atomic E-state index is 0.145. The number of pyridine rings is 1. The van der Waals surface area contributed by atoms with E-state index in [2.05, 4.69) is 27.3 Å². The van der Waals surface area contributed by atoms with Gasteiger partial charge in [-0.3, -0.25) is 14.7 Å². The molecule has 0 saturated carbocycles. The van der Waals surface area contributed by atoms with Gasteiger partial charge in [0.05, 0.1) is 4.34 Å². The van der Waals surface area contributed by atoms with Crippen molar-refractivity contribution in [1.29, 1.82) is 0 Å². The third-order valence-electron chi connectivity index (χ3n) is 4.34. The molecular formula is C18H22ClN3OS. The van der Waals surface area contributed by atoms with Crippen LogP contribution in [0.25, 0.3) is 0 Å². The Morgan fingerprint density at radius 1 is 1.25 bits per heavy atom. The van der Waals surface area contributed by atoms with Gasteiger partial charge in [0.15, 0.2) is 0 Å². The van der Waals surface area contributed by atoms with Gasteiger partial charge in [-0.1, -0.05) is 11.6 Å². The fourth-order valence-electron chi connectivity index (χ4n) is 3.00. The number of amides is 1. The van der Waals surface area contributed by atoms with Crippen LogP contribution < -0.4 is 5.32 Å². The molecule has 4 nitrogen and oxygen atoms in total. The molecule has 0 unspecified atom stereocenters. The zero-order chi connectivity index (χ0) is 16.8. The summed E-state index contributed by atoms with van der Waals surface area (Å²) in [5, 5.41) is 3.18. The van der Waals surface area contributed by atoms with Gasteiger partial charge >= 0.3 is 0 Å². The Bertz CT molecular complexity index is 653. The van der Waals surface area contributed by atoms with Crippen LogP contribution in [0.4, 0.5) is 0 Å². The molecule has 0 aliphatic carbocycles. The summed E-state index contributed by atoms with van der Waals surface area (Å²) in [4.78, 5) is 19.8. The lowest BCUT2D eigenvalue weighted by molar-refractivity contribution is -0.122. The van der Waals surface area contributed by atoms with E-state index in [0.29, 0.717) is 12.5 Å². The maximum Gasteiger partial charge on any atom is 0.220 e. The van der Waals surface area contributed by atoms with Gasteiger partial charge < -0.3 is 5.32 Å². The molecule has 1 aliphatic rings. The average molecular weight is 364 g/mol. The summed E-state index contributed by atoms with van der Waals surface area (Å²) in [5.74, 6) is 0.145. The quantitative estimate of drug-likeness (QED) is 0.854. The molecule has 1 amide bonds. The molecule has 1 aliphatic heterocycles. The molecule has 0 aromatic carbocycles. The van der Waals surface area contributed by atoms with E-state index in [4.69, 9.17) is 11.6 Å². The van der Waals surface area contributed by atoms with E-state index in [1.165, 1.54) is 10.4 Å². The summed E-state index contributed by atoms with van der Waals surface area (Å²) < 4.78 is 0.784. The van der Waals surface area contributed by atoms with Crippen molar-refractivity contribution in [3.8, 4) is 0 Å². The number of hydrogen-bond donors (Lipinski definition) is 1. The minimum Gasteiger partial charge on any atom is -0.353 e. The largest absolute Gasteiger partial charge is 0.353 e. The van der Waals surface area contributed by atoms with E-state index < -0.39 is 0 Å². The second-order valence-corrected chi connectivity index (χ2v) is 7.98. The molecule has 3 rings (SSSR count). The smallest absolute Gasteiger partial charge is 0.220 e. The van der Waals surface area contributed by atoms with Crippen LogP contribution in [-0.2, 0) is 17.8 Å². The summed E-state index contributed by atoms with van der Waals surface area (Å²) in [6.45, 7) is 3.00. The van der Waals surface area contributed by atoms with E-state index in [0.717, 1.165) is 43.2 Å². The summed E-state index contributed by atoms with van der Waals surface area (Å²) in [6, 6.07) is 8.31. The molecule has 6 heteroatoms. The van der Waals surface area contributed by atoms with Gasteiger partial charge in [-0.15, -0.1) is 11.3 Å².